The van der Waals surface area contributed by atoms with Crippen molar-refractivity contribution in [1.82, 2.24) is 29.0 Å². The number of nitrogens with one attached hydrogen (secondary N) is 2. The van der Waals surface area contributed by atoms with E-state index >= 15 is 0 Å². The van der Waals surface area contributed by atoms with Gasteiger partial charge in [0.05, 0.1) is 57.6 Å². The van der Waals surface area contributed by atoms with E-state index < -0.39 is 55.5 Å². The number of fused-ring (bicyclic) bond motifs is 2. The third-order valence-corrected chi connectivity index (χ3v) is 12.6. The van der Waals surface area contributed by atoms with Crippen LogP contribution in [-0.4, -0.2) is 51.7 Å². The summed E-state index contributed by atoms with van der Waals surface area (Å²) in [5.41, 5.74) is 0.439. The second-order valence-corrected chi connectivity index (χ2v) is 16.0. The molecule has 260 valence electrons. The number of amides is 1. The van der Waals surface area contributed by atoms with Crippen molar-refractivity contribution >= 4 is 26.0 Å². The zero-order valence-corrected chi connectivity index (χ0v) is 26.7. The Balaban J connectivity index is 0.000000154. The first-order chi connectivity index (χ1) is 23.0. The predicted molar refractivity (Wildman–Crippen MR) is 157 cm³/mol. The normalized spacial score (nSPS) is 21.3. The molecule has 19 heteroatoms. The number of nitrogens with zero attached hydrogens (tertiary/aromatic N) is 4. The molecule has 2 saturated carbocycles. The quantitative estimate of drug-likeness (QED) is 0.238. The molecule has 0 spiro atoms. The van der Waals surface area contributed by atoms with Crippen LogP contribution in [0.5, 0.6) is 0 Å². The van der Waals surface area contributed by atoms with Crippen molar-refractivity contribution in [3.05, 3.63) is 94.6 Å². The van der Waals surface area contributed by atoms with Gasteiger partial charge in [-0.1, -0.05) is 0 Å². The predicted octanol–water partition coefficient (Wildman–Crippen LogP) is 5.81. The highest BCUT2D eigenvalue weighted by atomic mass is 32.2. The maximum atomic E-state index is 12.9. The lowest BCUT2D eigenvalue weighted by Crippen LogP contribution is -2.36. The molecule has 2 atom stereocenters. The van der Waals surface area contributed by atoms with Crippen LogP contribution in [0.4, 0.5) is 26.3 Å². The zero-order chi connectivity index (χ0) is 35.1. The maximum absolute atomic E-state index is 12.9. The third-order valence-electron chi connectivity index (χ3n) is 9.01. The minimum absolute atomic E-state index is 0.00650. The largest absolute Gasteiger partial charge is 0.416 e. The third kappa shape index (κ3) is 5.90. The minimum atomic E-state index is -4.56. The highest BCUT2D eigenvalue weighted by Crippen LogP contribution is 2.52. The fourth-order valence-corrected chi connectivity index (χ4v) is 9.54. The van der Waals surface area contributed by atoms with Crippen molar-refractivity contribution in [1.29, 1.82) is 0 Å². The van der Waals surface area contributed by atoms with Gasteiger partial charge in [0.1, 0.15) is 5.69 Å². The van der Waals surface area contributed by atoms with Crippen molar-refractivity contribution in [3.8, 4) is 0 Å². The van der Waals surface area contributed by atoms with Crippen molar-refractivity contribution in [2.75, 3.05) is 0 Å². The molecule has 2 aliphatic heterocycles. The Morgan fingerprint density at radius 2 is 1.12 bits per heavy atom. The van der Waals surface area contributed by atoms with Crippen LogP contribution < -0.4 is 0 Å². The molecule has 4 aliphatic rings. The molecule has 49 heavy (non-hydrogen) atoms. The molecule has 2 aromatic carbocycles. The first-order valence-electron chi connectivity index (χ1n) is 15.0. The fraction of sp³-hybridized carbons (Fsp3) is 0.367. The average molecular weight is 729 g/mol. The Hall–Kier alpha value is -4.23. The van der Waals surface area contributed by atoms with E-state index in [4.69, 9.17) is 0 Å². The first-order valence-corrected chi connectivity index (χ1v) is 17.9. The number of hydrogen-bond acceptors (Lipinski definition) is 7. The van der Waals surface area contributed by atoms with Gasteiger partial charge in [0.15, 0.2) is 0 Å². The summed E-state index contributed by atoms with van der Waals surface area (Å²) in [6.07, 6.45) is -2.55. The number of benzene rings is 2. The van der Waals surface area contributed by atoms with Crippen molar-refractivity contribution in [2.45, 2.75) is 66.5 Å². The Kier molecular flexibility index (Phi) is 7.75. The molecule has 4 heterocycles. The van der Waals surface area contributed by atoms with Gasteiger partial charge >= 0.3 is 12.4 Å². The number of rotatable bonds is 6. The van der Waals surface area contributed by atoms with Gasteiger partial charge < -0.3 is 0 Å². The second-order valence-electron chi connectivity index (χ2n) is 12.3. The van der Waals surface area contributed by atoms with Gasteiger partial charge in [0.2, 0.25) is 10.0 Å². The molecule has 0 bridgehead atoms. The number of aromatic amines is 2. The molecule has 4 aromatic rings. The lowest BCUT2D eigenvalue weighted by molar-refractivity contribution is -0.138. The first kappa shape index (κ1) is 33.3. The van der Waals surface area contributed by atoms with E-state index in [1.165, 1.54) is 10.5 Å². The van der Waals surface area contributed by atoms with Crippen LogP contribution in [0.15, 0.2) is 70.7 Å². The number of sulfonamides is 2. The lowest BCUT2D eigenvalue weighted by Gasteiger charge is -2.24. The summed E-state index contributed by atoms with van der Waals surface area (Å²) in [6.45, 7) is 0.167. The number of H-pyrrole nitrogens is 2. The van der Waals surface area contributed by atoms with Crippen LogP contribution >= 0.6 is 0 Å². The SMILES string of the molecule is O=C1c2[nH]ncc2[C@@H](C2CC2)N1S(=O)(=O)c1ccc(C(F)(F)F)cc1.O=S(=O)(c1ccc(C(F)(F)F)cc1)N1Cc2[nH]ncc2[C@H]1C1CC1. The van der Waals surface area contributed by atoms with E-state index in [-0.39, 0.29) is 39.9 Å². The Bertz CT molecular complexity index is 2120. The van der Waals surface area contributed by atoms with Crippen LogP contribution in [0.2, 0.25) is 0 Å². The standard InChI is InChI=1S/C15H12F3N3O3S.C15H14F3N3O2S/c16-15(17,18)9-3-5-10(6-4-9)25(23,24)21-13(8-1-2-8)11-7-19-20-12(11)14(21)22;16-15(17,18)10-3-5-11(6-4-10)24(22,23)21-8-13-12(7-19-20-13)14(21)9-1-2-9/h3-8,13H,1-2H2,(H,19,20);3-7,9,14H,1-2,8H2,(H,19,20)/t13-;14-/m11/s1. The molecular formula is C30H26F6N6O5S2. The number of carbonyl (C=O) groups is 1. The molecule has 2 aliphatic carbocycles. The van der Waals surface area contributed by atoms with Crippen LogP contribution in [-0.2, 0) is 38.9 Å². The van der Waals surface area contributed by atoms with Gasteiger partial charge in [-0.25, -0.2) is 21.1 Å². The van der Waals surface area contributed by atoms with Crippen LogP contribution in [0.1, 0.15) is 76.2 Å². The number of aromatic nitrogens is 4. The smallest absolute Gasteiger partial charge is 0.281 e. The minimum Gasteiger partial charge on any atom is -0.281 e. The zero-order valence-electron chi connectivity index (χ0n) is 25.0. The van der Waals surface area contributed by atoms with E-state index in [1.54, 1.807) is 6.20 Å². The van der Waals surface area contributed by atoms with Crippen molar-refractivity contribution in [3.63, 3.8) is 0 Å². The molecule has 8 rings (SSSR count). The summed E-state index contributed by atoms with van der Waals surface area (Å²) in [7, 11) is -8.15. The van der Waals surface area contributed by atoms with E-state index in [0.717, 1.165) is 77.6 Å². The molecule has 0 radical (unpaired) electrons. The van der Waals surface area contributed by atoms with E-state index in [0.29, 0.717) is 17.7 Å². The van der Waals surface area contributed by atoms with E-state index in [2.05, 4.69) is 20.4 Å². The molecule has 11 nitrogen and oxygen atoms in total. The Morgan fingerprint density at radius 1 is 0.653 bits per heavy atom. The van der Waals surface area contributed by atoms with Gasteiger partial charge in [0, 0.05) is 11.1 Å². The van der Waals surface area contributed by atoms with Crippen molar-refractivity contribution in [2.24, 2.45) is 11.8 Å². The van der Waals surface area contributed by atoms with Crippen LogP contribution in [0, 0.1) is 11.8 Å². The molecule has 0 unspecified atom stereocenters. The second kappa shape index (κ2) is 11.4. The average Bonchev–Trinajstić information content (AvgIpc) is 3.89. The fourth-order valence-electron chi connectivity index (χ4n) is 6.30. The summed E-state index contributed by atoms with van der Waals surface area (Å²) in [5, 5.41) is 13.1. The topological polar surface area (TPSA) is 149 Å². The van der Waals surface area contributed by atoms with Gasteiger partial charge in [-0.15, -0.1) is 0 Å². The summed E-state index contributed by atoms with van der Waals surface area (Å²) < 4.78 is 130. The van der Waals surface area contributed by atoms with Gasteiger partial charge in [-0.3, -0.25) is 15.0 Å². The van der Waals surface area contributed by atoms with Crippen LogP contribution in [0.25, 0.3) is 0 Å². The van der Waals surface area contributed by atoms with Crippen molar-refractivity contribution < 1.29 is 48.0 Å². The van der Waals surface area contributed by atoms with Gasteiger partial charge in [0.25, 0.3) is 15.9 Å². The Labute approximate surface area is 275 Å². The maximum Gasteiger partial charge on any atom is 0.416 e. The van der Waals surface area contributed by atoms with Gasteiger partial charge in [-0.2, -0.15) is 40.8 Å². The molecule has 1 amide bonds. The number of hydrogen-bond donors (Lipinski definition) is 2. The number of alkyl halides is 6. The number of carbonyl (C=O) groups excluding carboxylic acids is 1. The number of halogens is 6. The molecule has 2 aromatic heterocycles. The highest BCUT2D eigenvalue weighted by molar-refractivity contribution is 7.89. The molecular weight excluding hydrogens is 702 g/mol. The summed E-state index contributed by atoms with van der Waals surface area (Å²) >= 11 is 0. The summed E-state index contributed by atoms with van der Waals surface area (Å²) in [5.74, 6) is -0.482. The lowest BCUT2D eigenvalue weighted by atomic mass is 10.1. The van der Waals surface area contributed by atoms with Gasteiger partial charge in [-0.05, 0) is 86.1 Å². The monoisotopic (exact) mass is 728 g/mol. The highest BCUT2D eigenvalue weighted by Gasteiger charge is 2.52. The summed E-state index contributed by atoms with van der Waals surface area (Å²) in [6, 6.07) is 5.84. The summed E-state index contributed by atoms with van der Waals surface area (Å²) in [4.78, 5) is 12.1. The molecule has 2 N–H and O–H groups in total. The van der Waals surface area contributed by atoms with E-state index in [1.807, 2.05) is 0 Å². The van der Waals surface area contributed by atoms with E-state index in [9.17, 15) is 48.0 Å². The Morgan fingerprint density at radius 3 is 1.63 bits per heavy atom. The van der Waals surface area contributed by atoms with Crippen LogP contribution in [0.3, 0.4) is 0 Å². The molecule has 0 saturated heterocycles. The molecule has 2 fully saturated rings.